The van der Waals surface area contributed by atoms with Crippen LogP contribution >= 0.6 is 11.8 Å². The second-order valence-corrected chi connectivity index (χ2v) is 5.86. The van der Waals surface area contributed by atoms with Gasteiger partial charge in [0.05, 0.1) is 5.37 Å². The van der Waals surface area contributed by atoms with Gasteiger partial charge in [0.1, 0.15) is 11.6 Å². The summed E-state index contributed by atoms with van der Waals surface area (Å²) >= 11 is 1.43. The van der Waals surface area contributed by atoms with E-state index in [9.17, 15) is 19.5 Å². The molecule has 2 rings (SSSR count). The maximum Gasteiger partial charge on any atom is 0.327 e. The molecule has 2 unspecified atom stereocenters. The Morgan fingerprint density at radius 3 is 2.75 bits per heavy atom. The van der Waals surface area contributed by atoms with Crippen LogP contribution in [0.15, 0.2) is 16.9 Å². The molecule has 1 aromatic rings. The van der Waals surface area contributed by atoms with E-state index in [1.54, 1.807) is 13.0 Å². The number of carbonyl (C=O) groups excluding carboxylic acids is 1. The number of carbonyl (C=O) groups is 2. The number of aromatic nitrogens is 1. The second kappa shape index (κ2) is 5.70. The third-order valence-electron chi connectivity index (χ3n) is 3.25. The fraction of sp³-hybridized carbons (Fsp3) is 0.462. The van der Waals surface area contributed by atoms with Crippen LogP contribution in [0.25, 0.3) is 0 Å². The minimum atomic E-state index is -1.04. The van der Waals surface area contributed by atoms with Gasteiger partial charge in [0.15, 0.2) is 0 Å². The van der Waals surface area contributed by atoms with E-state index in [-0.39, 0.29) is 10.9 Å². The lowest BCUT2D eigenvalue weighted by Gasteiger charge is -2.26. The number of carboxylic acids is 1. The molecule has 0 aromatic carbocycles. The van der Waals surface area contributed by atoms with Crippen LogP contribution in [-0.2, 0) is 4.79 Å². The molecule has 0 spiro atoms. The van der Waals surface area contributed by atoms with Crippen LogP contribution in [0.5, 0.6) is 0 Å². The maximum atomic E-state index is 12.5. The van der Waals surface area contributed by atoms with Crippen molar-refractivity contribution >= 4 is 23.6 Å². The smallest absolute Gasteiger partial charge is 0.327 e. The first-order valence-corrected chi connectivity index (χ1v) is 7.37. The topological polar surface area (TPSA) is 90.5 Å². The second-order valence-electron chi connectivity index (χ2n) is 4.65. The number of aliphatic carboxylic acids is 1. The fourth-order valence-electron chi connectivity index (χ4n) is 2.22. The Labute approximate surface area is 120 Å². The number of hydrogen-bond acceptors (Lipinski definition) is 4. The molecule has 1 saturated heterocycles. The minimum absolute atomic E-state index is 0.0113. The zero-order chi connectivity index (χ0) is 14.9. The number of rotatable bonds is 3. The van der Waals surface area contributed by atoms with Gasteiger partial charge >= 0.3 is 5.97 Å². The van der Waals surface area contributed by atoms with Gasteiger partial charge in [-0.05, 0) is 25.5 Å². The van der Waals surface area contributed by atoms with E-state index >= 15 is 0 Å². The van der Waals surface area contributed by atoms with E-state index in [4.69, 9.17) is 0 Å². The zero-order valence-electron chi connectivity index (χ0n) is 11.3. The molecule has 7 heteroatoms. The summed E-state index contributed by atoms with van der Waals surface area (Å²) in [5.41, 5.74) is 0.165. The SMILES string of the molecule is CCC1SCC(C(=O)O)N1C(=O)c1ccc(C)[nH]c1=O. The van der Waals surface area contributed by atoms with Gasteiger partial charge in [-0.2, -0.15) is 0 Å². The highest BCUT2D eigenvalue weighted by atomic mass is 32.2. The molecule has 2 atom stereocenters. The summed E-state index contributed by atoms with van der Waals surface area (Å²) in [7, 11) is 0. The molecule has 1 fully saturated rings. The highest BCUT2D eigenvalue weighted by Crippen LogP contribution is 2.32. The molecule has 1 amide bonds. The summed E-state index contributed by atoms with van der Waals surface area (Å²) < 4.78 is 0. The number of pyridine rings is 1. The van der Waals surface area contributed by atoms with E-state index in [0.29, 0.717) is 17.9 Å². The van der Waals surface area contributed by atoms with Crippen molar-refractivity contribution in [3.63, 3.8) is 0 Å². The number of H-pyrrole nitrogens is 1. The predicted octanol–water partition coefficient (Wildman–Crippen LogP) is 1.06. The monoisotopic (exact) mass is 296 g/mol. The number of hydrogen-bond donors (Lipinski definition) is 2. The average molecular weight is 296 g/mol. The van der Waals surface area contributed by atoms with Gasteiger partial charge < -0.3 is 15.0 Å². The lowest BCUT2D eigenvalue weighted by Crippen LogP contribution is -2.46. The van der Waals surface area contributed by atoms with Gasteiger partial charge in [-0.1, -0.05) is 6.92 Å². The Balaban J connectivity index is 2.38. The standard InChI is InChI=1S/C13H16N2O4S/c1-3-10-15(9(6-20-10)13(18)19)12(17)8-5-4-7(2)14-11(8)16/h4-5,9-10H,3,6H2,1-2H3,(H,14,16)(H,18,19). The Kier molecular flexibility index (Phi) is 4.17. The first kappa shape index (κ1) is 14.6. The molecule has 1 aliphatic rings. The van der Waals surface area contributed by atoms with E-state index in [0.717, 1.165) is 0 Å². The third kappa shape index (κ3) is 2.58. The Morgan fingerprint density at radius 2 is 2.20 bits per heavy atom. The third-order valence-corrected chi connectivity index (χ3v) is 4.70. The van der Waals surface area contributed by atoms with E-state index in [1.165, 1.54) is 22.7 Å². The molecular formula is C13H16N2O4S. The van der Waals surface area contributed by atoms with Crippen LogP contribution in [0.2, 0.25) is 0 Å². The van der Waals surface area contributed by atoms with Crippen LogP contribution in [0, 0.1) is 6.92 Å². The number of aromatic amines is 1. The number of aryl methyl sites for hydroxylation is 1. The first-order chi connectivity index (χ1) is 9.45. The summed E-state index contributed by atoms with van der Waals surface area (Å²) in [6.45, 7) is 3.61. The van der Waals surface area contributed by atoms with Crippen molar-refractivity contribution in [1.29, 1.82) is 0 Å². The van der Waals surface area contributed by atoms with Gasteiger partial charge in [0.25, 0.3) is 11.5 Å². The Morgan fingerprint density at radius 1 is 1.50 bits per heavy atom. The summed E-state index contributed by atoms with van der Waals surface area (Å²) in [5.74, 6) is -1.20. The summed E-state index contributed by atoms with van der Waals surface area (Å²) in [4.78, 5) is 39.5. The van der Waals surface area contributed by atoms with Crippen LogP contribution in [-0.4, -0.2) is 44.0 Å². The van der Waals surface area contributed by atoms with E-state index < -0.39 is 23.5 Å². The van der Waals surface area contributed by atoms with Crippen LogP contribution in [0.3, 0.4) is 0 Å². The van der Waals surface area contributed by atoms with Crippen LogP contribution < -0.4 is 5.56 Å². The van der Waals surface area contributed by atoms with Gasteiger partial charge in [-0.3, -0.25) is 9.59 Å². The molecule has 2 N–H and O–H groups in total. The van der Waals surface area contributed by atoms with Crippen molar-refractivity contribution in [1.82, 2.24) is 9.88 Å². The van der Waals surface area contributed by atoms with Crippen molar-refractivity contribution in [2.75, 3.05) is 5.75 Å². The Bertz CT molecular complexity index is 598. The number of carboxylic acid groups (broad SMARTS) is 1. The molecule has 1 aromatic heterocycles. The maximum absolute atomic E-state index is 12.5. The van der Waals surface area contributed by atoms with Crippen molar-refractivity contribution in [2.45, 2.75) is 31.7 Å². The predicted molar refractivity (Wildman–Crippen MR) is 75.9 cm³/mol. The minimum Gasteiger partial charge on any atom is -0.480 e. The van der Waals surface area contributed by atoms with E-state index in [1.807, 2.05) is 6.92 Å². The number of nitrogens with one attached hydrogen (secondary N) is 1. The summed E-state index contributed by atoms with van der Waals surface area (Å²) in [5, 5.41) is 9.01. The lowest BCUT2D eigenvalue weighted by molar-refractivity contribution is -0.141. The van der Waals surface area contributed by atoms with Gasteiger partial charge in [0.2, 0.25) is 0 Å². The largest absolute Gasteiger partial charge is 0.480 e. The summed E-state index contributed by atoms with van der Waals surface area (Å²) in [6.07, 6.45) is 0.643. The van der Waals surface area contributed by atoms with E-state index in [2.05, 4.69) is 4.98 Å². The molecule has 6 nitrogen and oxygen atoms in total. The van der Waals surface area contributed by atoms with Crippen molar-refractivity contribution in [3.8, 4) is 0 Å². The highest BCUT2D eigenvalue weighted by molar-refractivity contribution is 8.00. The van der Waals surface area contributed by atoms with Gasteiger partial charge in [0, 0.05) is 11.4 Å². The molecule has 0 radical (unpaired) electrons. The quantitative estimate of drug-likeness (QED) is 0.870. The summed E-state index contributed by atoms with van der Waals surface area (Å²) in [6, 6.07) is 2.21. The van der Waals surface area contributed by atoms with Crippen molar-refractivity contribution in [2.24, 2.45) is 0 Å². The normalized spacial score (nSPS) is 22.0. The molecule has 1 aliphatic heterocycles. The van der Waals surface area contributed by atoms with Crippen molar-refractivity contribution in [3.05, 3.63) is 33.7 Å². The fourth-order valence-corrected chi connectivity index (χ4v) is 3.57. The molecule has 20 heavy (non-hydrogen) atoms. The number of amides is 1. The van der Waals surface area contributed by atoms with Crippen LogP contribution in [0.4, 0.5) is 0 Å². The highest BCUT2D eigenvalue weighted by Gasteiger charge is 2.41. The zero-order valence-corrected chi connectivity index (χ0v) is 12.1. The molecule has 108 valence electrons. The average Bonchev–Trinajstić information content (AvgIpc) is 2.81. The van der Waals surface area contributed by atoms with Crippen LogP contribution in [0.1, 0.15) is 29.4 Å². The molecule has 0 saturated carbocycles. The molecule has 0 aliphatic carbocycles. The number of thioether (sulfide) groups is 1. The first-order valence-electron chi connectivity index (χ1n) is 6.32. The molecular weight excluding hydrogens is 280 g/mol. The van der Waals surface area contributed by atoms with Gasteiger partial charge in [-0.15, -0.1) is 11.8 Å². The number of nitrogens with zero attached hydrogens (tertiary/aromatic N) is 1. The lowest BCUT2D eigenvalue weighted by atomic mass is 10.1. The molecule has 2 heterocycles. The Hall–Kier alpha value is -1.76. The van der Waals surface area contributed by atoms with Gasteiger partial charge in [-0.25, -0.2) is 4.79 Å². The van der Waals surface area contributed by atoms with Crippen molar-refractivity contribution < 1.29 is 14.7 Å². The molecule has 0 bridgehead atoms.